The molecule has 0 amide bonds. The zero-order valence-corrected chi connectivity index (χ0v) is 8.63. The van der Waals surface area contributed by atoms with Gasteiger partial charge >= 0.3 is 0 Å². The molecule has 0 N–H and O–H groups in total. The first-order valence-electron chi connectivity index (χ1n) is 5.02. The molecule has 1 saturated heterocycles. The molecule has 0 aliphatic carbocycles. The summed E-state index contributed by atoms with van der Waals surface area (Å²) in [6.07, 6.45) is 1.00. The monoisotopic (exact) mass is 208 g/mol. The maximum absolute atomic E-state index is 12.7. The Balaban J connectivity index is 2.14. The first kappa shape index (κ1) is 10.3. The van der Waals surface area contributed by atoms with Gasteiger partial charge in [0.25, 0.3) is 0 Å². The number of hydrogen-bond donors (Lipinski definition) is 0. The van der Waals surface area contributed by atoms with Gasteiger partial charge in [-0.15, -0.1) is 0 Å². The van der Waals surface area contributed by atoms with E-state index in [1.165, 1.54) is 12.1 Å². The molecule has 0 radical (unpaired) electrons. The molecule has 2 nitrogen and oxygen atoms in total. The van der Waals surface area contributed by atoms with Gasteiger partial charge in [-0.25, -0.2) is 4.39 Å². The Hall–Kier alpha value is -1.22. The number of hydrogen-bond acceptors (Lipinski definition) is 2. The molecule has 1 atom stereocenters. The van der Waals surface area contributed by atoms with Crippen LogP contribution in [-0.2, 0) is 16.0 Å². The van der Waals surface area contributed by atoms with E-state index in [-0.39, 0.29) is 11.6 Å². The topological polar surface area (TPSA) is 26.3 Å². The number of carbonyl (C=O) groups excluding carboxylic acids is 1. The highest BCUT2D eigenvalue weighted by Crippen LogP contribution is 2.25. The maximum atomic E-state index is 12.7. The minimum absolute atomic E-state index is 0.131. The van der Waals surface area contributed by atoms with Crippen LogP contribution in [0.1, 0.15) is 18.9 Å². The predicted octanol–water partition coefficient (Wildman–Crippen LogP) is 2.12. The lowest BCUT2D eigenvalue weighted by Gasteiger charge is -2.21. The number of halogens is 1. The average Bonchev–Trinajstić information content (AvgIpc) is 2.51. The van der Waals surface area contributed by atoms with Crippen molar-refractivity contribution in [1.82, 2.24) is 0 Å². The minimum atomic E-state index is -0.710. The fraction of sp³-hybridized carbons (Fsp3) is 0.417. The van der Waals surface area contributed by atoms with Crippen molar-refractivity contribution in [3.8, 4) is 0 Å². The molecule has 1 aromatic rings. The quantitative estimate of drug-likeness (QED) is 0.744. The lowest BCUT2D eigenvalue weighted by atomic mass is 9.92. The van der Waals surface area contributed by atoms with E-state index in [0.29, 0.717) is 19.4 Å². The Kier molecular flexibility index (Phi) is 2.57. The third-order valence-corrected chi connectivity index (χ3v) is 2.79. The highest BCUT2D eigenvalue weighted by atomic mass is 19.1. The lowest BCUT2D eigenvalue weighted by Crippen LogP contribution is -2.34. The number of ether oxygens (including phenoxy) is 1. The van der Waals surface area contributed by atoms with Crippen LogP contribution in [0.5, 0.6) is 0 Å². The Bertz CT molecular complexity index is 372. The van der Waals surface area contributed by atoms with Gasteiger partial charge in [0.2, 0.25) is 0 Å². The molecule has 80 valence electrons. The fourth-order valence-electron chi connectivity index (χ4n) is 1.86. The summed E-state index contributed by atoms with van der Waals surface area (Å²) in [5.74, 6) is -0.130. The van der Waals surface area contributed by atoms with Crippen molar-refractivity contribution in [1.29, 1.82) is 0 Å². The lowest BCUT2D eigenvalue weighted by molar-refractivity contribution is -0.129. The molecule has 0 aromatic heterocycles. The molecule has 1 aliphatic heterocycles. The molecule has 0 bridgehead atoms. The molecule has 15 heavy (non-hydrogen) atoms. The summed E-state index contributed by atoms with van der Waals surface area (Å²) in [5.41, 5.74) is 0.215. The minimum Gasteiger partial charge on any atom is -0.367 e. The summed E-state index contributed by atoms with van der Waals surface area (Å²) >= 11 is 0. The van der Waals surface area contributed by atoms with Crippen LogP contribution in [-0.4, -0.2) is 18.0 Å². The zero-order valence-electron chi connectivity index (χ0n) is 8.63. The second-order valence-corrected chi connectivity index (χ2v) is 4.06. The second-order valence-electron chi connectivity index (χ2n) is 4.06. The largest absolute Gasteiger partial charge is 0.367 e. The van der Waals surface area contributed by atoms with Crippen LogP contribution in [0, 0.1) is 5.82 Å². The van der Waals surface area contributed by atoms with Crippen molar-refractivity contribution in [2.75, 3.05) is 6.61 Å². The average molecular weight is 208 g/mol. The summed E-state index contributed by atoms with van der Waals surface area (Å²) in [5, 5.41) is 0. The van der Waals surface area contributed by atoms with Gasteiger partial charge in [-0.2, -0.15) is 0 Å². The highest BCUT2D eigenvalue weighted by molar-refractivity contribution is 5.88. The Morgan fingerprint density at radius 1 is 1.40 bits per heavy atom. The van der Waals surface area contributed by atoms with Gasteiger partial charge in [0.15, 0.2) is 5.78 Å². The predicted molar refractivity (Wildman–Crippen MR) is 54.1 cm³/mol. The molecule has 3 heteroatoms. The summed E-state index contributed by atoms with van der Waals surface area (Å²) < 4.78 is 18.1. The van der Waals surface area contributed by atoms with Crippen LogP contribution in [0.15, 0.2) is 24.3 Å². The van der Waals surface area contributed by atoms with Crippen LogP contribution in [0.2, 0.25) is 0 Å². The third-order valence-electron chi connectivity index (χ3n) is 2.79. The third kappa shape index (κ3) is 2.07. The molecule has 1 heterocycles. The normalized spacial score (nSPS) is 25.9. The van der Waals surface area contributed by atoms with Crippen molar-refractivity contribution in [2.24, 2.45) is 0 Å². The van der Waals surface area contributed by atoms with E-state index in [1.54, 1.807) is 19.1 Å². The first-order chi connectivity index (χ1) is 7.10. The van der Waals surface area contributed by atoms with Gasteiger partial charge in [0, 0.05) is 12.8 Å². The number of ketones is 1. The summed E-state index contributed by atoms with van der Waals surface area (Å²) in [7, 11) is 0. The van der Waals surface area contributed by atoms with Crippen molar-refractivity contribution >= 4 is 5.78 Å². The smallest absolute Gasteiger partial charge is 0.166 e. The second kappa shape index (κ2) is 3.74. The molecular weight excluding hydrogens is 195 g/mol. The maximum Gasteiger partial charge on any atom is 0.166 e. The summed E-state index contributed by atoms with van der Waals surface area (Å²) in [6.45, 7) is 2.29. The van der Waals surface area contributed by atoms with Gasteiger partial charge in [0.05, 0.1) is 6.61 Å². The molecular formula is C12H13FO2. The van der Waals surface area contributed by atoms with Gasteiger partial charge in [-0.05, 0) is 24.6 Å². The molecule has 1 aromatic carbocycles. The fourth-order valence-corrected chi connectivity index (χ4v) is 1.86. The molecule has 1 fully saturated rings. The summed E-state index contributed by atoms with van der Waals surface area (Å²) in [6, 6.07) is 6.18. The van der Waals surface area contributed by atoms with Crippen molar-refractivity contribution in [3.63, 3.8) is 0 Å². The Labute approximate surface area is 88.1 Å². The Morgan fingerprint density at radius 3 is 2.60 bits per heavy atom. The standard InChI is InChI=1S/C12H13FO2/c1-12(11(14)6-7-15-12)8-9-2-4-10(13)5-3-9/h2-5H,6-8H2,1H3. The van der Waals surface area contributed by atoms with E-state index in [1.807, 2.05) is 0 Å². The Morgan fingerprint density at radius 2 is 2.07 bits per heavy atom. The highest BCUT2D eigenvalue weighted by Gasteiger charge is 2.38. The van der Waals surface area contributed by atoms with Gasteiger partial charge < -0.3 is 4.74 Å². The van der Waals surface area contributed by atoms with Crippen LogP contribution >= 0.6 is 0 Å². The molecule has 2 rings (SSSR count). The number of benzene rings is 1. The van der Waals surface area contributed by atoms with Crippen molar-refractivity contribution in [2.45, 2.75) is 25.4 Å². The molecule has 0 spiro atoms. The van der Waals surface area contributed by atoms with E-state index >= 15 is 0 Å². The van der Waals surface area contributed by atoms with Crippen LogP contribution < -0.4 is 0 Å². The van der Waals surface area contributed by atoms with Gasteiger partial charge in [-0.3, -0.25) is 4.79 Å². The van der Waals surface area contributed by atoms with E-state index in [4.69, 9.17) is 4.74 Å². The number of Topliss-reactive ketones (excluding diaryl/α,β-unsaturated/α-hetero) is 1. The van der Waals surface area contributed by atoms with Crippen molar-refractivity contribution in [3.05, 3.63) is 35.6 Å². The van der Waals surface area contributed by atoms with Gasteiger partial charge in [-0.1, -0.05) is 12.1 Å². The van der Waals surface area contributed by atoms with Crippen LogP contribution in [0.4, 0.5) is 4.39 Å². The molecule has 1 aliphatic rings. The molecule has 1 unspecified atom stereocenters. The van der Waals surface area contributed by atoms with E-state index in [2.05, 4.69) is 0 Å². The van der Waals surface area contributed by atoms with Crippen molar-refractivity contribution < 1.29 is 13.9 Å². The van der Waals surface area contributed by atoms with E-state index in [0.717, 1.165) is 5.56 Å². The molecule has 0 saturated carbocycles. The van der Waals surface area contributed by atoms with Crippen LogP contribution in [0.25, 0.3) is 0 Å². The number of carbonyl (C=O) groups is 1. The SMILES string of the molecule is CC1(Cc2ccc(F)cc2)OCCC1=O. The summed E-state index contributed by atoms with van der Waals surface area (Å²) in [4.78, 5) is 11.6. The van der Waals surface area contributed by atoms with Crippen LogP contribution in [0.3, 0.4) is 0 Å². The van der Waals surface area contributed by atoms with E-state index in [9.17, 15) is 9.18 Å². The number of rotatable bonds is 2. The zero-order chi connectivity index (χ0) is 10.9. The van der Waals surface area contributed by atoms with Gasteiger partial charge in [0.1, 0.15) is 11.4 Å². The first-order valence-corrected chi connectivity index (χ1v) is 5.02. The van der Waals surface area contributed by atoms with E-state index < -0.39 is 5.60 Å².